The molecule has 1 rings (SSSR count). The number of carbonyl (C=O) groups is 2. The minimum Gasteiger partial charge on any atom is -0.460 e. The van der Waals surface area contributed by atoms with E-state index in [4.69, 9.17) is 4.74 Å². The van der Waals surface area contributed by atoms with E-state index in [1.807, 2.05) is 6.92 Å². The molecular weight excluding hydrogens is 274 g/mol. The Balaban J connectivity index is 2.80. The van der Waals surface area contributed by atoms with E-state index in [0.29, 0.717) is 12.8 Å². The second kappa shape index (κ2) is 8.14. The largest absolute Gasteiger partial charge is 0.460 e. The van der Waals surface area contributed by atoms with Crippen LogP contribution in [0.2, 0.25) is 0 Å². The zero-order valence-electron chi connectivity index (χ0n) is 12.2. The Labute approximate surface area is 123 Å². The number of nitrogens with zero attached hydrogens (tertiary/aromatic N) is 1. The lowest BCUT2D eigenvalue weighted by atomic mass is 9.91. The first-order valence-corrected chi connectivity index (χ1v) is 6.93. The molecule has 0 fully saturated rings. The predicted octanol–water partition coefficient (Wildman–Crippen LogP) is 2.69. The maximum absolute atomic E-state index is 12.0. The van der Waals surface area contributed by atoms with Gasteiger partial charge in [-0.15, -0.1) is 0 Å². The van der Waals surface area contributed by atoms with Crippen molar-refractivity contribution >= 4 is 17.4 Å². The van der Waals surface area contributed by atoms with Crippen LogP contribution in [0.25, 0.3) is 0 Å². The van der Waals surface area contributed by atoms with Crippen molar-refractivity contribution < 1.29 is 19.2 Å². The molecule has 0 aliphatic heterocycles. The summed E-state index contributed by atoms with van der Waals surface area (Å²) in [6.45, 7) is 3.75. The van der Waals surface area contributed by atoms with E-state index in [-0.39, 0.29) is 12.3 Å². The highest BCUT2D eigenvalue weighted by Crippen LogP contribution is 2.19. The molecule has 1 atom stereocenters. The Morgan fingerprint density at radius 1 is 1.24 bits per heavy atom. The van der Waals surface area contributed by atoms with Gasteiger partial charge in [-0.3, -0.25) is 14.9 Å². The lowest BCUT2D eigenvalue weighted by Gasteiger charge is -2.14. The van der Waals surface area contributed by atoms with E-state index < -0.39 is 22.6 Å². The normalized spacial score (nSPS) is 11.7. The molecule has 0 aromatic heterocycles. The molecule has 114 valence electrons. The van der Waals surface area contributed by atoms with Crippen molar-refractivity contribution in [1.29, 1.82) is 0 Å². The van der Waals surface area contributed by atoms with Crippen LogP contribution in [0.4, 0.5) is 5.69 Å². The van der Waals surface area contributed by atoms with Crippen LogP contribution >= 0.6 is 0 Å². The molecule has 0 amide bonds. The van der Waals surface area contributed by atoms with Gasteiger partial charge < -0.3 is 4.74 Å². The van der Waals surface area contributed by atoms with Gasteiger partial charge in [-0.2, -0.15) is 0 Å². The monoisotopic (exact) mass is 293 g/mol. The smallest absolute Gasteiger partial charge is 0.374 e. The topological polar surface area (TPSA) is 86.5 Å². The van der Waals surface area contributed by atoms with Gasteiger partial charge >= 0.3 is 5.97 Å². The second-order valence-electron chi connectivity index (χ2n) is 4.70. The van der Waals surface area contributed by atoms with Gasteiger partial charge in [0, 0.05) is 18.1 Å². The summed E-state index contributed by atoms with van der Waals surface area (Å²) in [6, 6.07) is 6.01. The molecule has 0 radical (unpaired) electrons. The molecule has 0 aliphatic rings. The third kappa shape index (κ3) is 4.98. The number of Topliss-reactive ketones (excluding diaryl/α,β-unsaturated/α-hetero) is 1. The molecule has 0 N–H and O–H groups in total. The van der Waals surface area contributed by atoms with Gasteiger partial charge in [-0.25, -0.2) is 4.79 Å². The summed E-state index contributed by atoms with van der Waals surface area (Å²) >= 11 is 0. The Hall–Kier alpha value is -2.24. The Morgan fingerprint density at radius 3 is 2.33 bits per heavy atom. The van der Waals surface area contributed by atoms with E-state index in [0.717, 1.165) is 12.0 Å². The lowest BCUT2D eigenvalue weighted by Crippen LogP contribution is -2.27. The molecule has 0 heterocycles. The second-order valence-corrected chi connectivity index (χ2v) is 4.70. The maximum Gasteiger partial charge on any atom is 0.374 e. The van der Waals surface area contributed by atoms with E-state index in [1.54, 1.807) is 19.1 Å². The van der Waals surface area contributed by atoms with Gasteiger partial charge in [0.15, 0.2) is 0 Å². The fourth-order valence-electron chi connectivity index (χ4n) is 2.08. The minimum atomic E-state index is -0.808. The van der Waals surface area contributed by atoms with Gasteiger partial charge in [0.05, 0.1) is 11.5 Å². The number of esters is 1. The molecular formula is C15H19NO5. The first kappa shape index (κ1) is 16.8. The van der Waals surface area contributed by atoms with Crippen molar-refractivity contribution in [3.05, 3.63) is 39.9 Å². The third-order valence-corrected chi connectivity index (χ3v) is 3.11. The summed E-state index contributed by atoms with van der Waals surface area (Å²) in [5, 5.41) is 10.6. The van der Waals surface area contributed by atoms with Crippen molar-refractivity contribution in [3.8, 4) is 0 Å². The molecule has 0 aliphatic carbocycles. The van der Waals surface area contributed by atoms with Crippen molar-refractivity contribution in [1.82, 2.24) is 0 Å². The number of benzene rings is 1. The molecule has 0 bridgehead atoms. The van der Waals surface area contributed by atoms with Gasteiger partial charge in [-0.05, 0) is 25.3 Å². The van der Waals surface area contributed by atoms with Gasteiger partial charge in [0.1, 0.15) is 0 Å². The average molecular weight is 293 g/mol. The van der Waals surface area contributed by atoms with E-state index >= 15 is 0 Å². The van der Waals surface area contributed by atoms with E-state index in [2.05, 4.69) is 0 Å². The predicted molar refractivity (Wildman–Crippen MR) is 76.8 cm³/mol. The molecule has 0 saturated heterocycles. The number of rotatable bonds is 8. The number of hydrogen-bond donors (Lipinski definition) is 0. The molecule has 0 saturated carbocycles. The maximum atomic E-state index is 12.0. The third-order valence-electron chi connectivity index (χ3n) is 3.11. The van der Waals surface area contributed by atoms with Gasteiger partial charge in [0.25, 0.3) is 5.69 Å². The first-order chi connectivity index (χ1) is 9.99. The van der Waals surface area contributed by atoms with Gasteiger partial charge in [-0.1, -0.05) is 25.5 Å². The lowest BCUT2D eigenvalue weighted by molar-refractivity contribution is -0.384. The summed E-state index contributed by atoms with van der Waals surface area (Å²) in [4.78, 5) is 33.7. The fraction of sp³-hybridized carbons (Fsp3) is 0.467. The Kier molecular flexibility index (Phi) is 6.52. The summed E-state index contributed by atoms with van der Waals surface area (Å²) in [6.07, 6.45) is 1.72. The van der Waals surface area contributed by atoms with Crippen molar-refractivity contribution in [2.75, 3.05) is 6.61 Å². The van der Waals surface area contributed by atoms with E-state index in [1.165, 1.54) is 12.1 Å². The number of ether oxygens (including phenoxy) is 1. The number of ketones is 1. The summed E-state index contributed by atoms with van der Waals surface area (Å²) in [5.41, 5.74) is 0.791. The number of non-ortho nitro benzene ring substituents is 1. The zero-order chi connectivity index (χ0) is 15.8. The molecule has 0 spiro atoms. The van der Waals surface area contributed by atoms with Crippen molar-refractivity contribution in [3.63, 3.8) is 0 Å². The zero-order valence-corrected chi connectivity index (χ0v) is 12.2. The van der Waals surface area contributed by atoms with Crippen LogP contribution in [0.1, 0.15) is 32.3 Å². The molecule has 1 aromatic carbocycles. The summed E-state index contributed by atoms with van der Waals surface area (Å²) < 4.78 is 4.74. The molecule has 21 heavy (non-hydrogen) atoms. The number of nitro benzene ring substituents is 1. The first-order valence-electron chi connectivity index (χ1n) is 6.93. The highest BCUT2D eigenvalue weighted by molar-refractivity contribution is 6.34. The van der Waals surface area contributed by atoms with Crippen LogP contribution in [0.15, 0.2) is 24.3 Å². The SMILES string of the molecule is CCCC(Cc1ccc([N+](=O)[O-])cc1)C(=O)C(=O)OCC. The van der Waals surface area contributed by atoms with Crippen LogP contribution in [0.5, 0.6) is 0 Å². The minimum absolute atomic E-state index is 0.00232. The van der Waals surface area contributed by atoms with Gasteiger partial charge in [0.2, 0.25) is 5.78 Å². The number of nitro groups is 1. The van der Waals surface area contributed by atoms with Crippen LogP contribution in [0.3, 0.4) is 0 Å². The number of hydrogen-bond acceptors (Lipinski definition) is 5. The molecule has 1 aromatic rings. The highest BCUT2D eigenvalue weighted by atomic mass is 16.6. The summed E-state index contributed by atoms with van der Waals surface area (Å²) in [5.74, 6) is -1.79. The Bertz CT molecular complexity index is 509. The number of carbonyl (C=O) groups excluding carboxylic acids is 2. The van der Waals surface area contributed by atoms with Crippen molar-refractivity contribution in [2.24, 2.45) is 5.92 Å². The Morgan fingerprint density at radius 2 is 1.86 bits per heavy atom. The molecule has 1 unspecified atom stereocenters. The van der Waals surface area contributed by atoms with Crippen LogP contribution < -0.4 is 0 Å². The standard InChI is InChI=1S/C15H19NO5/c1-3-5-12(14(17)15(18)21-4-2)10-11-6-8-13(9-7-11)16(19)20/h6-9,12H,3-5,10H2,1-2H3. The fourth-order valence-corrected chi connectivity index (χ4v) is 2.08. The quantitative estimate of drug-likeness (QED) is 0.318. The summed E-state index contributed by atoms with van der Waals surface area (Å²) in [7, 11) is 0. The average Bonchev–Trinajstić information content (AvgIpc) is 2.46. The van der Waals surface area contributed by atoms with Crippen LogP contribution in [0, 0.1) is 16.0 Å². The van der Waals surface area contributed by atoms with E-state index in [9.17, 15) is 19.7 Å². The molecule has 6 nitrogen and oxygen atoms in total. The highest BCUT2D eigenvalue weighted by Gasteiger charge is 2.26. The van der Waals surface area contributed by atoms with Crippen molar-refractivity contribution in [2.45, 2.75) is 33.1 Å². The molecule has 6 heteroatoms. The van der Waals surface area contributed by atoms with Crippen LogP contribution in [-0.4, -0.2) is 23.3 Å². The van der Waals surface area contributed by atoms with Crippen LogP contribution in [-0.2, 0) is 20.7 Å².